The number of hydrogen-bond acceptors (Lipinski definition) is 3. The Kier molecular flexibility index (Phi) is 2.95. The molecule has 1 aliphatic carbocycles. The van der Waals surface area contributed by atoms with Crippen molar-refractivity contribution in [2.24, 2.45) is 0 Å². The summed E-state index contributed by atoms with van der Waals surface area (Å²) in [6, 6.07) is 5.84. The third-order valence-corrected chi connectivity index (χ3v) is 5.24. The van der Waals surface area contributed by atoms with Crippen LogP contribution in [0.2, 0.25) is 0 Å². The zero-order chi connectivity index (χ0) is 16.1. The lowest BCUT2D eigenvalue weighted by Crippen LogP contribution is -2.06. The van der Waals surface area contributed by atoms with Gasteiger partial charge in [0, 0.05) is 29.1 Å². The van der Waals surface area contributed by atoms with Crippen LogP contribution in [0.3, 0.4) is 0 Å². The molecule has 0 atom stereocenters. The third kappa shape index (κ3) is 1.90. The molecule has 1 saturated carbocycles. The molecule has 3 heterocycles. The Morgan fingerprint density at radius 2 is 1.92 bits per heavy atom. The van der Waals surface area contributed by atoms with Crippen molar-refractivity contribution in [3.8, 4) is 0 Å². The smallest absolute Gasteiger partial charge is 0.258 e. The van der Waals surface area contributed by atoms with Gasteiger partial charge in [-0.3, -0.25) is 9.78 Å². The van der Waals surface area contributed by atoms with Gasteiger partial charge in [-0.2, -0.15) is 0 Å². The molecule has 2 N–H and O–H groups in total. The maximum absolute atomic E-state index is 12.4. The molecule has 5 heteroatoms. The van der Waals surface area contributed by atoms with E-state index in [4.69, 9.17) is 4.98 Å². The first-order chi connectivity index (χ1) is 11.8. The van der Waals surface area contributed by atoms with Crippen molar-refractivity contribution in [3.05, 3.63) is 46.8 Å². The highest BCUT2D eigenvalue weighted by Gasteiger charge is 2.21. The fraction of sp³-hybridized carbons (Fsp3) is 0.316. The zero-order valence-corrected chi connectivity index (χ0v) is 13.3. The minimum Gasteiger partial charge on any atom is -0.341 e. The number of aromatic nitrogens is 4. The van der Waals surface area contributed by atoms with Crippen LogP contribution >= 0.6 is 0 Å². The van der Waals surface area contributed by atoms with Gasteiger partial charge in [0.25, 0.3) is 5.56 Å². The van der Waals surface area contributed by atoms with Crippen molar-refractivity contribution < 1.29 is 0 Å². The maximum Gasteiger partial charge on any atom is 0.258 e. The maximum atomic E-state index is 12.4. The summed E-state index contributed by atoms with van der Waals surface area (Å²) < 4.78 is 0. The number of nitrogens with one attached hydrogen (secondary N) is 2. The number of nitrogens with zero attached hydrogens (tertiary/aromatic N) is 2. The zero-order valence-electron chi connectivity index (χ0n) is 13.3. The Balaban J connectivity index is 1.91. The van der Waals surface area contributed by atoms with E-state index in [1.165, 1.54) is 32.1 Å². The number of fused-ring (bicyclic) bond motifs is 6. The lowest BCUT2D eigenvalue weighted by Gasteiger charge is -2.19. The molecular weight excluding hydrogens is 300 g/mol. The molecule has 0 bridgehead atoms. The molecule has 120 valence electrons. The Bertz CT molecular complexity index is 1120. The van der Waals surface area contributed by atoms with E-state index in [0.29, 0.717) is 11.3 Å². The fourth-order valence-electron chi connectivity index (χ4n) is 4.07. The van der Waals surface area contributed by atoms with Crippen LogP contribution in [-0.2, 0) is 0 Å². The minimum absolute atomic E-state index is 0.105. The average molecular weight is 318 g/mol. The Hall–Kier alpha value is -2.69. The number of imidazole rings is 1. The molecule has 5 nitrogen and oxygen atoms in total. The predicted molar refractivity (Wildman–Crippen MR) is 95.3 cm³/mol. The lowest BCUT2D eigenvalue weighted by molar-refractivity contribution is 0.431. The van der Waals surface area contributed by atoms with Gasteiger partial charge in [-0.25, -0.2) is 4.98 Å². The fourth-order valence-corrected chi connectivity index (χ4v) is 4.07. The van der Waals surface area contributed by atoms with Gasteiger partial charge in [0.2, 0.25) is 0 Å². The summed E-state index contributed by atoms with van der Waals surface area (Å²) in [4.78, 5) is 28.1. The molecule has 4 aromatic rings. The SMILES string of the molecule is O=c1[nH]ccc2c3[nH]c(C4CCCCC4)nc3c3cccnc3c12. The van der Waals surface area contributed by atoms with Crippen LogP contribution in [0.1, 0.15) is 43.8 Å². The number of rotatable bonds is 1. The van der Waals surface area contributed by atoms with E-state index in [-0.39, 0.29) is 5.56 Å². The highest BCUT2D eigenvalue weighted by Crippen LogP contribution is 2.35. The van der Waals surface area contributed by atoms with Crippen LogP contribution in [0, 0.1) is 0 Å². The quantitative estimate of drug-likeness (QED) is 0.521. The van der Waals surface area contributed by atoms with Gasteiger partial charge in [-0.1, -0.05) is 19.3 Å². The molecule has 0 radical (unpaired) electrons. The van der Waals surface area contributed by atoms with E-state index in [9.17, 15) is 4.79 Å². The molecule has 1 fully saturated rings. The minimum atomic E-state index is -0.105. The summed E-state index contributed by atoms with van der Waals surface area (Å²) in [5.41, 5.74) is 2.50. The van der Waals surface area contributed by atoms with Crippen molar-refractivity contribution in [2.45, 2.75) is 38.0 Å². The van der Waals surface area contributed by atoms with Crippen molar-refractivity contribution in [3.63, 3.8) is 0 Å². The van der Waals surface area contributed by atoms with E-state index < -0.39 is 0 Å². The molecular formula is C19H18N4O. The van der Waals surface area contributed by atoms with Crippen LogP contribution in [-0.4, -0.2) is 19.9 Å². The number of aromatic amines is 2. The Labute approximate surface area is 138 Å². The first kappa shape index (κ1) is 13.7. The van der Waals surface area contributed by atoms with E-state index in [1.54, 1.807) is 12.4 Å². The number of benzene rings is 1. The van der Waals surface area contributed by atoms with Crippen molar-refractivity contribution >= 4 is 32.7 Å². The summed E-state index contributed by atoms with van der Waals surface area (Å²) in [6.45, 7) is 0. The van der Waals surface area contributed by atoms with Crippen molar-refractivity contribution in [1.29, 1.82) is 0 Å². The molecule has 3 aromatic heterocycles. The summed E-state index contributed by atoms with van der Waals surface area (Å²) in [5, 5.41) is 2.48. The Morgan fingerprint density at radius 3 is 2.79 bits per heavy atom. The van der Waals surface area contributed by atoms with Crippen LogP contribution in [0.5, 0.6) is 0 Å². The van der Waals surface area contributed by atoms with Crippen LogP contribution in [0.25, 0.3) is 32.7 Å². The van der Waals surface area contributed by atoms with E-state index >= 15 is 0 Å². The van der Waals surface area contributed by atoms with Crippen LogP contribution < -0.4 is 5.56 Å². The topological polar surface area (TPSA) is 74.4 Å². The monoisotopic (exact) mass is 318 g/mol. The van der Waals surface area contributed by atoms with Gasteiger partial charge < -0.3 is 9.97 Å². The molecule has 0 unspecified atom stereocenters. The van der Waals surface area contributed by atoms with Gasteiger partial charge in [0.1, 0.15) is 5.82 Å². The highest BCUT2D eigenvalue weighted by atomic mass is 16.1. The summed E-state index contributed by atoms with van der Waals surface area (Å²) in [6.07, 6.45) is 9.66. The normalized spacial score (nSPS) is 16.3. The van der Waals surface area contributed by atoms with Gasteiger partial charge >= 0.3 is 0 Å². The average Bonchev–Trinajstić information content (AvgIpc) is 3.08. The van der Waals surface area contributed by atoms with Gasteiger partial charge in [0.15, 0.2) is 0 Å². The Morgan fingerprint density at radius 1 is 1.04 bits per heavy atom. The second-order valence-electron chi connectivity index (χ2n) is 6.68. The van der Waals surface area contributed by atoms with Crippen LogP contribution in [0.15, 0.2) is 35.4 Å². The molecule has 24 heavy (non-hydrogen) atoms. The standard InChI is InChI=1S/C19H18N4O/c24-19-14-12(8-10-21-19)16-17(13-7-4-9-20-15(13)14)23-18(22-16)11-5-2-1-3-6-11/h4,7-11H,1-3,5-6H2,(H,21,24)(H,22,23). The molecule has 0 amide bonds. The van der Waals surface area contributed by atoms with Crippen LogP contribution in [0.4, 0.5) is 0 Å². The molecule has 1 aliphatic rings. The van der Waals surface area contributed by atoms with Gasteiger partial charge in [-0.05, 0) is 31.0 Å². The lowest BCUT2D eigenvalue weighted by atomic mass is 9.89. The third-order valence-electron chi connectivity index (χ3n) is 5.24. The van der Waals surface area contributed by atoms with E-state index in [0.717, 1.165) is 33.1 Å². The van der Waals surface area contributed by atoms with Crippen molar-refractivity contribution in [2.75, 3.05) is 0 Å². The summed E-state index contributed by atoms with van der Waals surface area (Å²) >= 11 is 0. The molecule has 0 saturated heterocycles. The second kappa shape index (κ2) is 5.16. The molecule has 0 aliphatic heterocycles. The van der Waals surface area contributed by atoms with Gasteiger partial charge in [0.05, 0.1) is 21.9 Å². The van der Waals surface area contributed by atoms with Crippen molar-refractivity contribution in [1.82, 2.24) is 19.9 Å². The predicted octanol–water partition coefficient (Wildman–Crippen LogP) is 4.00. The van der Waals surface area contributed by atoms with E-state index in [1.807, 2.05) is 18.2 Å². The highest BCUT2D eigenvalue weighted by molar-refractivity contribution is 6.21. The molecule has 0 spiro atoms. The first-order valence-electron chi connectivity index (χ1n) is 8.60. The second-order valence-corrected chi connectivity index (χ2v) is 6.68. The molecule has 1 aromatic carbocycles. The first-order valence-corrected chi connectivity index (χ1v) is 8.60. The largest absolute Gasteiger partial charge is 0.341 e. The number of pyridine rings is 2. The number of hydrogen-bond donors (Lipinski definition) is 2. The van der Waals surface area contributed by atoms with Gasteiger partial charge in [-0.15, -0.1) is 0 Å². The summed E-state index contributed by atoms with van der Waals surface area (Å²) in [7, 11) is 0. The van der Waals surface area contributed by atoms with E-state index in [2.05, 4.69) is 15.0 Å². The summed E-state index contributed by atoms with van der Waals surface area (Å²) in [5.74, 6) is 1.55. The number of H-pyrrole nitrogens is 2. The molecule has 5 rings (SSSR count).